The molecule has 1 unspecified atom stereocenters. The maximum atomic E-state index is 12.2. The zero-order chi connectivity index (χ0) is 13.8. The lowest BCUT2D eigenvalue weighted by molar-refractivity contribution is -0.275. The van der Waals surface area contributed by atoms with Gasteiger partial charge in [-0.15, -0.1) is 13.2 Å². The lowest BCUT2D eigenvalue weighted by atomic mass is 9.94. The lowest BCUT2D eigenvalue weighted by Gasteiger charge is -2.17. The molecule has 0 aliphatic carbocycles. The Hall–Kier alpha value is -1.72. The van der Waals surface area contributed by atoms with Crippen LogP contribution in [0.2, 0.25) is 0 Å². The summed E-state index contributed by atoms with van der Waals surface area (Å²) in [7, 11) is 0. The fourth-order valence-electron chi connectivity index (χ4n) is 1.69. The van der Waals surface area contributed by atoms with Gasteiger partial charge >= 0.3 is 12.3 Å². The molecule has 0 bridgehead atoms. The highest BCUT2D eigenvalue weighted by molar-refractivity contribution is 5.77. The Labute approximate surface area is 102 Å². The van der Waals surface area contributed by atoms with Gasteiger partial charge in [-0.05, 0) is 12.5 Å². The molecule has 0 saturated carbocycles. The molecule has 0 spiro atoms. The second-order valence-corrected chi connectivity index (χ2v) is 3.77. The van der Waals surface area contributed by atoms with E-state index in [0.717, 1.165) is 6.07 Å². The Morgan fingerprint density at radius 1 is 1.39 bits per heavy atom. The molecule has 1 rings (SSSR count). The van der Waals surface area contributed by atoms with Gasteiger partial charge in [0.15, 0.2) is 0 Å². The maximum absolute atomic E-state index is 12.2. The predicted octanol–water partition coefficient (Wildman–Crippen LogP) is 3.55. The van der Waals surface area contributed by atoms with Crippen molar-refractivity contribution in [2.75, 3.05) is 0 Å². The Kier molecular flexibility index (Phi) is 4.58. The van der Waals surface area contributed by atoms with E-state index in [2.05, 4.69) is 4.74 Å². The number of para-hydroxylation sites is 1. The van der Waals surface area contributed by atoms with Crippen molar-refractivity contribution in [3.8, 4) is 5.75 Å². The van der Waals surface area contributed by atoms with E-state index in [-0.39, 0.29) is 12.0 Å². The van der Waals surface area contributed by atoms with Crippen LogP contribution >= 0.6 is 0 Å². The maximum Gasteiger partial charge on any atom is 0.573 e. The fraction of sp³-hybridized carbons (Fsp3) is 0.417. The van der Waals surface area contributed by atoms with Crippen LogP contribution < -0.4 is 4.74 Å². The lowest BCUT2D eigenvalue weighted by Crippen LogP contribution is -2.20. The molecule has 6 heteroatoms. The molecule has 18 heavy (non-hydrogen) atoms. The molecule has 0 aromatic heterocycles. The van der Waals surface area contributed by atoms with Crippen molar-refractivity contribution >= 4 is 5.97 Å². The van der Waals surface area contributed by atoms with Gasteiger partial charge in [0.25, 0.3) is 0 Å². The SMILES string of the molecule is CCCC(C(=O)O)c1ccccc1OC(F)(F)F. The summed E-state index contributed by atoms with van der Waals surface area (Å²) in [6.45, 7) is 1.77. The number of benzene rings is 1. The summed E-state index contributed by atoms with van der Waals surface area (Å²) in [5.74, 6) is -2.60. The van der Waals surface area contributed by atoms with E-state index in [4.69, 9.17) is 5.11 Å². The van der Waals surface area contributed by atoms with Gasteiger partial charge in [0.2, 0.25) is 0 Å². The van der Waals surface area contributed by atoms with Gasteiger partial charge in [0.05, 0.1) is 5.92 Å². The largest absolute Gasteiger partial charge is 0.573 e. The van der Waals surface area contributed by atoms with Crippen molar-refractivity contribution in [2.45, 2.75) is 32.0 Å². The monoisotopic (exact) mass is 262 g/mol. The molecule has 1 aromatic carbocycles. The number of hydrogen-bond donors (Lipinski definition) is 1. The molecule has 0 amide bonds. The minimum atomic E-state index is -4.83. The van der Waals surface area contributed by atoms with E-state index in [9.17, 15) is 18.0 Å². The molecular formula is C12H13F3O3. The molecule has 1 aromatic rings. The Balaban J connectivity index is 3.10. The summed E-state index contributed by atoms with van der Waals surface area (Å²) in [6.07, 6.45) is -4.02. The molecule has 0 radical (unpaired) electrons. The average molecular weight is 262 g/mol. The predicted molar refractivity (Wildman–Crippen MR) is 58.4 cm³/mol. The zero-order valence-corrected chi connectivity index (χ0v) is 9.70. The van der Waals surface area contributed by atoms with Crippen molar-refractivity contribution in [1.82, 2.24) is 0 Å². The van der Waals surface area contributed by atoms with E-state index in [0.29, 0.717) is 6.42 Å². The third-order valence-electron chi connectivity index (χ3n) is 2.40. The van der Waals surface area contributed by atoms with Crippen molar-refractivity contribution < 1.29 is 27.8 Å². The highest BCUT2D eigenvalue weighted by Gasteiger charge is 2.33. The van der Waals surface area contributed by atoms with Crippen LogP contribution in [0.5, 0.6) is 5.75 Å². The summed E-state index contributed by atoms with van der Waals surface area (Å²) in [5, 5.41) is 9.04. The highest BCUT2D eigenvalue weighted by Crippen LogP contribution is 2.33. The van der Waals surface area contributed by atoms with Crippen LogP contribution in [0.25, 0.3) is 0 Å². The van der Waals surface area contributed by atoms with Gasteiger partial charge in [0, 0.05) is 5.56 Å². The van der Waals surface area contributed by atoms with Crippen LogP contribution in [0, 0.1) is 0 Å². The molecule has 0 fully saturated rings. The summed E-state index contributed by atoms with van der Waals surface area (Å²) < 4.78 is 40.5. The van der Waals surface area contributed by atoms with Crippen LogP contribution in [0.15, 0.2) is 24.3 Å². The number of aliphatic carboxylic acids is 1. The van der Waals surface area contributed by atoms with E-state index in [1.807, 2.05) is 0 Å². The van der Waals surface area contributed by atoms with E-state index < -0.39 is 24.0 Å². The second-order valence-electron chi connectivity index (χ2n) is 3.77. The minimum Gasteiger partial charge on any atom is -0.481 e. The van der Waals surface area contributed by atoms with E-state index in [1.165, 1.54) is 18.2 Å². The standard InChI is InChI=1S/C12H13F3O3/c1-2-5-9(11(16)17)8-6-3-4-7-10(8)18-12(13,14)15/h3-4,6-7,9H,2,5H2,1H3,(H,16,17). The first-order chi connectivity index (χ1) is 8.35. The molecule has 0 heterocycles. The molecule has 100 valence electrons. The highest BCUT2D eigenvalue weighted by atomic mass is 19.4. The number of halogens is 3. The topological polar surface area (TPSA) is 46.5 Å². The Morgan fingerprint density at radius 2 is 2.00 bits per heavy atom. The van der Waals surface area contributed by atoms with Gasteiger partial charge in [-0.25, -0.2) is 0 Å². The number of carbonyl (C=O) groups is 1. The van der Waals surface area contributed by atoms with Crippen LogP contribution in [0.3, 0.4) is 0 Å². The second kappa shape index (κ2) is 5.75. The van der Waals surface area contributed by atoms with Crippen molar-refractivity contribution in [2.24, 2.45) is 0 Å². The third kappa shape index (κ3) is 3.94. The summed E-state index contributed by atoms with van der Waals surface area (Å²) in [6, 6.07) is 5.32. The fourth-order valence-corrected chi connectivity index (χ4v) is 1.69. The quantitative estimate of drug-likeness (QED) is 0.882. The van der Waals surface area contributed by atoms with E-state index in [1.54, 1.807) is 6.92 Å². The molecular weight excluding hydrogens is 249 g/mol. The van der Waals surface area contributed by atoms with Crippen molar-refractivity contribution in [3.63, 3.8) is 0 Å². The Morgan fingerprint density at radius 3 is 2.50 bits per heavy atom. The van der Waals surface area contributed by atoms with Gasteiger partial charge in [0.1, 0.15) is 5.75 Å². The zero-order valence-electron chi connectivity index (χ0n) is 9.70. The number of alkyl halides is 3. The first kappa shape index (κ1) is 14.3. The van der Waals surface area contributed by atoms with Crippen LogP contribution in [-0.4, -0.2) is 17.4 Å². The smallest absolute Gasteiger partial charge is 0.481 e. The average Bonchev–Trinajstić information content (AvgIpc) is 2.24. The summed E-state index contributed by atoms with van der Waals surface area (Å²) >= 11 is 0. The Bertz CT molecular complexity index is 415. The van der Waals surface area contributed by atoms with Gasteiger partial charge in [-0.3, -0.25) is 4.79 Å². The van der Waals surface area contributed by atoms with Gasteiger partial charge in [-0.1, -0.05) is 31.5 Å². The van der Waals surface area contributed by atoms with Crippen LogP contribution in [0.1, 0.15) is 31.2 Å². The number of carboxylic acids is 1. The normalized spacial score (nSPS) is 13.1. The van der Waals surface area contributed by atoms with Crippen molar-refractivity contribution in [1.29, 1.82) is 0 Å². The number of ether oxygens (including phenoxy) is 1. The number of carboxylic acid groups (broad SMARTS) is 1. The van der Waals surface area contributed by atoms with Gasteiger partial charge < -0.3 is 9.84 Å². The number of hydrogen-bond acceptors (Lipinski definition) is 2. The van der Waals surface area contributed by atoms with Crippen LogP contribution in [-0.2, 0) is 4.79 Å². The first-order valence-electron chi connectivity index (χ1n) is 5.42. The summed E-state index contributed by atoms with van der Waals surface area (Å²) in [5.41, 5.74) is 0.0455. The first-order valence-corrected chi connectivity index (χ1v) is 5.42. The van der Waals surface area contributed by atoms with Gasteiger partial charge in [-0.2, -0.15) is 0 Å². The van der Waals surface area contributed by atoms with E-state index >= 15 is 0 Å². The van der Waals surface area contributed by atoms with Crippen molar-refractivity contribution in [3.05, 3.63) is 29.8 Å². The molecule has 1 N–H and O–H groups in total. The molecule has 0 saturated heterocycles. The third-order valence-corrected chi connectivity index (χ3v) is 2.40. The molecule has 3 nitrogen and oxygen atoms in total. The number of rotatable bonds is 5. The summed E-state index contributed by atoms with van der Waals surface area (Å²) in [4.78, 5) is 11.1. The minimum absolute atomic E-state index is 0.0455. The van der Waals surface area contributed by atoms with Crippen LogP contribution in [0.4, 0.5) is 13.2 Å². The molecule has 0 aliphatic rings. The molecule has 1 atom stereocenters. The molecule has 0 aliphatic heterocycles.